The molecular formula is C32H39ClFN7O2. The van der Waals surface area contributed by atoms with E-state index in [1.54, 1.807) is 18.2 Å². The Morgan fingerprint density at radius 2 is 1.91 bits per heavy atom. The molecule has 3 aromatic rings. The molecule has 9 nitrogen and oxygen atoms in total. The van der Waals surface area contributed by atoms with Crippen LogP contribution in [0.25, 0.3) is 0 Å². The Morgan fingerprint density at radius 3 is 2.51 bits per heavy atom. The molecule has 2 aliphatic rings. The molecule has 1 fully saturated rings. The first-order valence-corrected chi connectivity index (χ1v) is 15.4. The number of nitrogens with one attached hydrogen (secondary N) is 2. The van der Waals surface area contributed by atoms with Crippen LogP contribution in [0.5, 0.6) is 0 Å². The number of aliphatic imine (C=N–C) groups is 1. The quantitative estimate of drug-likeness (QED) is 0.291. The number of carbonyl (C=O) groups excluding carboxylic acids is 2. The second kappa shape index (κ2) is 12.5. The van der Waals surface area contributed by atoms with E-state index in [0.29, 0.717) is 22.9 Å². The maximum Gasteiger partial charge on any atom is 0.275 e. The van der Waals surface area contributed by atoms with Gasteiger partial charge in [0.1, 0.15) is 17.2 Å². The minimum atomic E-state index is -0.719. The van der Waals surface area contributed by atoms with Crippen molar-refractivity contribution in [3.05, 3.63) is 75.8 Å². The van der Waals surface area contributed by atoms with Crippen LogP contribution in [-0.2, 0) is 11.3 Å². The number of halogens is 2. The molecule has 1 spiro atoms. The number of aromatic amines is 1. The van der Waals surface area contributed by atoms with E-state index in [4.69, 9.17) is 16.6 Å². The lowest BCUT2D eigenvalue weighted by molar-refractivity contribution is -0.133. The fourth-order valence-corrected chi connectivity index (χ4v) is 6.51. The largest absolute Gasteiger partial charge is 0.345 e. The number of carbonyl (C=O) groups is 2. The predicted molar refractivity (Wildman–Crippen MR) is 163 cm³/mol. The molecule has 2 amide bonds. The second-order valence-corrected chi connectivity index (χ2v) is 13.1. The molecule has 228 valence electrons. The van der Waals surface area contributed by atoms with Crippen LogP contribution in [-0.4, -0.2) is 48.7 Å². The normalized spacial score (nSPS) is 21.3. The third-order valence-corrected chi connectivity index (χ3v) is 9.20. The summed E-state index contributed by atoms with van der Waals surface area (Å²) < 4.78 is 14.5. The van der Waals surface area contributed by atoms with Crippen LogP contribution < -0.4 is 5.32 Å². The number of hydrogen-bond donors (Lipinski definition) is 2. The van der Waals surface area contributed by atoms with Gasteiger partial charge in [0.05, 0.1) is 17.6 Å². The van der Waals surface area contributed by atoms with Crippen molar-refractivity contribution in [1.82, 2.24) is 30.8 Å². The first-order valence-electron chi connectivity index (χ1n) is 15.0. The van der Waals surface area contributed by atoms with Gasteiger partial charge in [-0.15, -0.1) is 10.2 Å². The molecule has 1 aromatic heterocycles. The van der Waals surface area contributed by atoms with Crippen LogP contribution in [0.1, 0.15) is 106 Å². The Bertz CT molecular complexity index is 1480. The van der Waals surface area contributed by atoms with Gasteiger partial charge in [-0.3, -0.25) is 14.6 Å². The monoisotopic (exact) mass is 607 g/mol. The zero-order valence-corrected chi connectivity index (χ0v) is 25.9. The minimum absolute atomic E-state index is 0.00860. The summed E-state index contributed by atoms with van der Waals surface area (Å²) in [7, 11) is 0. The van der Waals surface area contributed by atoms with Crippen LogP contribution in [0.2, 0.25) is 5.02 Å². The number of benzene rings is 2. The van der Waals surface area contributed by atoms with Crippen molar-refractivity contribution >= 4 is 29.1 Å². The lowest BCUT2D eigenvalue weighted by atomic mass is 9.69. The Hall–Kier alpha value is -3.66. The fourth-order valence-electron chi connectivity index (χ4n) is 6.39. The zero-order valence-electron chi connectivity index (χ0n) is 25.2. The summed E-state index contributed by atoms with van der Waals surface area (Å²) in [5.74, 6) is -0.124. The highest BCUT2D eigenvalue weighted by Gasteiger charge is 2.52. The predicted octanol–water partition coefficient (Wildman–Crippen LogP) is 6.42. The lowest BCUT2D eigenvalue weighted by Gasteiger charge is -2.47. The summed E-state index contributed by atoms with van der Waals surface area (Å²) >= 11 is 5.97. The molecule has 0 radical (unpaired) electrons. The molecule has 43 heavy (non-hydrogen) atoms. The van der Waals surface area contributed by atoms with Crippen molar-refractivity contribution in [3.63, 3.8) is 0 Å². The third-order valence-electron chi connectivity index (χ3n) is 8.89. The molecule has 2 N–H and O–H groups in total. The summed E-state index contributed by atoms with van der Waals surface area (Å²) in [6, 6.07) is 11.6. The highest BCUT2D eigenvalue weighted by molar-refractivity contribution is 6.47. The average molecular weight is 608 g/mol. The smallest absolute Gasteiger partial charge is 0.275 e. The van der Waals surface area contributed by atoms with Crippen LogP contribution in [0.3, 0.4) is 0 Å². The average Bonchev–Trinajstić information content (AvgIpc) is 3.60. The first kappa shape index (κ1) is 30.8. The lowest BCUT2D eigenvalue weighted by Crippen LogP contribution is -2.51. The van der Waals surface area contributed by atoms with E-state index in [0.717, 1.165) is 50.5 Å². The topological polar surface area (TPSA) is 116 Å². The molecule has 0 unspecified atom stereocenters. The van der Waals surface area contributed by atoms with Crippen molar-refractivity contribution in [3.8, 4) is 0 Å². The SMILES string of the molecule is CCCC[C@H](c1ccc(C(=O)NCc2nn[nH]n2)cc1)N1C(=O)C(c2ccc(Cl)c(F)c2)=NC12CCC(C(C)(C)C)CC2. The molecule has 1 aliphatic carbocycles. The van der Waals surface area contributed by atoms with Gasteiger partial charge < -0.3 is 10.2 Å². The Morgan fingerprint density at radius 1 is 1.19 bits per heavy atom. The molecule has 11 heteroatoms. The van der Waals surface area contributed by atoms with Gasteiger partial charge in [-0.1, -0.05) is 75.6 Å². The van der Waals surface area contributed by atoms with E-state index in [2.05, 4.69) is 53.6 Å². The number of amides is 2. The van der Waals surface area contributed by atoms with Gasteiger partial charge in [0.25, 0.3) is 11.8 Å². The third kappa shape index (κ3) is 6.49. The second-order valence-electron chi connectivity index (χ2n) is 12.7. The zero-order chi connectivity index (χ0) is 30.8. The molecule has 1 atom stereocenters. The van der Waals surface area contributed by atoms with Crippen molar-refractivity contribution < 1.29 is 14.0 Å². The highest BCUT2D eigenvalue weighted by atomic mass is 35.5. The Labute approximate surface area is 256 Å². The summed E-state index contributed by atoms with van der Waals surface area (Å²) in [6.07, 6.45) is 5.97. The summed E-state index contributed by atoms with van der Waals surface area (Å²) in [4.78, 5) is 34.3. The van der Waals surface area contributed by atoms with E-state index in [1.165, 1.54) is 12.1 Å². The number of hydrogen-bond acceptors (Lipinski definition) is 6. The van der Waals surface area contributed by atoms with Crippen LogP contribution in [0, 0.1) is 17.2 Å². The van der Waals surface area contributed by atoms with Crippen LogP contribution >= 0.6 is 11.6 Å². The molecule has 0 bridgehead atoms. The van der Waals surface area contributed by atoms with E-state index < -0.39 is 11.5 Å². The van der Waals surface area contributed by atoms with E-state index in [-0.39, 0.29) is 40.6 Å². The Balaban J connectivity index is 1.47. The molecule has 1 aliphatic heterocycles. The molecule has 0 saturated heterocycles. The first-order chi connectivity index (χ1) is 20.5. The molecule has 2 aromatic carbocycles. The van der Waals surface area contributed by atoms with E-state index in [9.17, 15) is 14.0 Å². The van der Waals surface area contributed by atoms with Gasteiger partial charge in [0.15, 0.2) is 5.82 Å². The summed E-state index contributed by atoms with van der Waals surface area (Å²) in [5.41, 5.74) is 1.58. The van der Waals surface area contributed by atoms with Gasteiger partial charge in [-0.2, -0.15) is 5.21 Å². The van der Waals surface area contributed by atoms with Crippen molar-refractivity contribution in [2.24, 2.45) is 16.3 Å². The molecular weight excluding hydrogens is 569 g/mol. The number of rotatable bonds is 9. The maximum absolute atomic E-state index is 14.5. The van der Waals surface area contributed by atoms with Crippen molar-refractivity contribution in [2.75, 3.05) is 0 Å². The standard InChI is InChI=1S/C32H39ClFN7O2/c1-5-6-7-26(20-8-10-21(11-9-20)29(42)35-19-27-37-39-40-38-27)41-30(43)28(22-12-13-24(33)25(34)18-22)36-32(41)16-14-23(15-17-32)31(2,3)4/h8-13,18,23,26H,5-7,14-17,19H2,1-4H3,(H,35,42)(H,37,38,39,40)/t23?,26-,32?/m1/s1. The maximum atomic E-state index is 14.5. The van der Waals surface area contributed by atoms with E-state index in [1.807, 2.05) is 17.0 Å². The number of unbranched alkanes of at least 4 members (excludes halogenated alkanes) is 1. The van der Waals surface area contributed by atoms with Crippen molar-refractivity contribution in [1.29, 1.82) is 0 Å². The van der Waals surface area contributed by atoms with Crippen molar-refractivity contribution in [2.45, 2.75) is 90.9 Å². The number of nitrogens with zero attached hydrogens (tertiary/aromatic N) is 5. The van der Waals surface area contributed by atoms with Gasteiger partial charge in [-0.25, -0.2) is 4.39 Å². The van der Waals surface area contributed by atoms with Crippen LogP contribution in [0.4, 0.5) is 4.39 Å². The minimum Gasteiger partial charge on any atom is -0.345 e. The fraction of sp³-hybridized carbons (Fsp3) is 0.500. The highest BCUT2D eigenvalue weighted by Crippen LogP contribution is 2.50. The molecule has 1 saturated carbocycles. The molecule has 2 heterocycles. The number of aromatic nitrogens is 4. The Kier molecular flexibility index (Phi) is 8.96. The number of H-pyrrole nitrogens is 1. The van der Waals surface area contributed by atoms with Gasteiger partial charge in [-0.05, 0) is 73.3 Å². The van der Waals surface area contributed by atoms with E-state index >= 15 is 0 Å². The van der Waals surface area contributed by atoms with Crippen LogP contribution in [0.15, 0.2) is 47.5 Å². The number of tetrazole rings is 1. The van der Waals surface area contributed by atoms with Gasteiger partial charge >= 0.3 is 0 Å². The summed E-state index contributed by atoms with van der Waals surface area (Å²) in [6.45, 7) is 9.08. The molecule has 5 rings (SSSR count). The van der Waals surface area contributed by atoms with Gasteiger partial charge in [0.2, 0.25) is 0 Å². The summed E-state index contributed by atoms with van der Waals surface area (Å²) in [5, 5.41) is 16.4. The van der Waals surface area contributed by atoms with Gasteiger partial charge in [0, 0.05) is 11.1 Å².